The van der Waals surface area contributed by atoms with Gasteiger partial charge in [-0.25, -0.2) is 0 Å². The Balaban J connectivity index is 2.51. The zero-order valence-corrected chi connectivity index (χ0v) is 11.1. The predicted octanol–water partition coefficient (Wildman–Crippen LogP) is 1.59. The van der Waals surface area contributed by atoms with Crippen LogP contribution in [-0.2, 0) is 4.79 Å². The highest BCUT2D eigenvalue weighted by Crippen LogP contribution is 2.11. The van der Waals surface area contributed by atoms with Gasteiger partial charge in [0, 0.05) is 0 Å². The minimum absolute atomic E-state index is 0.0680. The van der Waals surface area contributed by atoms with Crippen molar-refractivity contribution in [3.63, 3.8) is 0 Å². The van der Waals surface area contributed by atoms with E-state index in [1.54, 1.807) is 19.1 Å². The van der Waals surface area contributed by atoms with Crippen molar-refractivity contribution in [1.82, 2.24) is 5.32 Å². The molecule has 1 rings (SSSR count). The van der Waals surface area contributed by atoms with Crippen LogP contribution >= 0.6 is 0 Å². The lowest BCUT2D eigenvalue weighted by Crippen LogP contribution is -2.46. The SMILES string of the molecule is CC(Oc1ccccc1)C(=O)N[C@H](CO)C(C)C. The fraction of sp³-hybridized carbons (Fsp3) is 0.500. The smallest absolute Gasteiger partial charge is 0.261 e. The second-order valence-electron chi connectivity index (χ2n) is 4.61. The molecule has 0 aliphatic rings. The van der Waals surface area contributed by atoms with Crippen molar-refractivity contribution in [3.8, 4) is 5.75 Å². The van der Waals surface area contributed by atoms with E-state index in [0.29, 0.717) is 5.75 Å². The second kappa shape index (κ2) is 7.01. The summed E-state index contributed by atoms with van der Waals surface area (Å²) in [7, 11) is 0. The highest BCUT2D eigenvalue weighted by Gasteiger charge is 2.20. The lowest BCUT2D eigenvalue weighted by molar-refractivity contribution is -0.128. The van der Waals surface area contributed by atoms with Crippen LogP contribution < -0.4 is 10.1 Å². The quantitative estimate of drug-likeness (QED) is 0.807. The average molecular weight is 251 g/mol. The maximum Gasteiger partial charge on any atom is 0.261 e. The molecule has 4 heteroatoms. The summed E-state index contributed by atoms with van der Waals surface area (Å²) >= 11 is 0. The van der Waals surface area contributed by atoms with E-state index in [4.69, 9.17) is 9.84 Å². The number of ether oxygens (including phenoxy) is 1. The summed E-state index contributed by atoms with van der Waals surface area (Å²) in [4.78, 5) is 11.9. The van der Waals surface area contributed by atoms with Gasteiger partial charge in [0.25, 0.3) is 5.91 Å². The first-order chi connectivity index (χ1) is 8.54. The summed E-state index contributed by atoms with van der Waals surface area (Å²) in [6, 6.07) is 8.96. The van der Waals surface area contributed by atoms with Crippen molar-refractivity contribution in [2.45, 2.75) is 32.9 Å². The molecular weight excluding hydrogens is 230 g/mol. The molecule has 4 nitrogen and oxygen atoms in total. The molecule has 2 N–H and O–H groups in total. The van der Waals surface area contributed by atoms with E-state index >= 15 is 0 Å². The van der Waals surface area contributed by atoms with E-state index in [1.807, 2.05) is 32.0 Å². The molecule has 0 aromatic heterocycles. The third-order valence-corrected chi connectivity index (χ3v) is 2.75. The summed E-state index contributed by atoms with van der Waals surface area (Å²) < 4.78 is 5.51. The molecule has 1 amide bonds. The maximum atomic E-state index is 11.9. The van der Waals surface area contributed by atoms with Crippen molar-refractivity contribution in [3.05, 3.63) is 30.3 Å². The lowest BCUT2D eigenvalue weighted by atomic mass is 10.1. The van der Waals surface area contributed by atoms with Gasteiger partial charge in [-0.3, -0.25) is 4.79 Å². The third kappa shape index (κ3) is 4.37. The number of amides is 1. The molecule has 0 fully saturated rings. The van der Waals surface area contributed by atoms with Gasteiger partial charge in [-0.1, -0.05) is 32.0 Å². The third-order valence-electron chi connectivity index (χ3n) is 2.75. The molecule has 1 aromatic rings. The molecule has 18 heavy (non-hydrogen) atoms. The average Bonchev–Trinajstić information content (AvgIpc) is 2.36. The largest absolute Gasteiger partial charge is 0.481 e. The van der Waals surface area contributed by atoms with Gasteiger partial charge >= 0.3 is 0 Å². The molecule has 0 aliphatic carbocycles. The molecule has 0 bridgehead atoms. The molecular formula is C14H21NO3. The molecule has 0 aliphatic heterocycles. The molecule has 0 spiro atoms. The van der Waals surface area contributed by atoms with Crippen LogP contribution in [0.25, 0.3) is 0 Å². The lowest BCUT2D eigenvalue weighted by Gasteiger charge is -2.22. The van der Waals surface area contributed by atoms with E-state index in [-0.39, 0.29) is 24.5 Å². The van der Waals surface area contributed by atoms with Gasteiger partial charge in [-0.2, -0.15) is 0 Å². The number of aliphatic hydroxyl groups is 1. The van der Waals surface area contributed by atoms with Crippen molar-refractivity contribution >= 4 is 5.91 Å². The van der Waals surface area contributed by atoms with Gasteiger partial charge in [0.2, 0.25) is 0 Å². The highest BCUT2D eigenvalue weighted by molar-refractivity contribution is 5.81. The Morgan fingerprint density at radius 1 is 1.28 bits per heavy atom. The fourth-order valence-corrected chi connectivity index (χ4v) is 1.48. The van der Waals surface area contributed by atoms with Crippen molar-refractivity contribution < 1.29 is 14.6 Å². The van der Waals surface area contributed by atoms with E-state index < -0.39 is 6.10 Å². The van der Waals surface area contributed by atoms with E-state index in [9.17, 15) is 4.79 Å². The van der Waals surface area contributed by atoms with Crippen molar-refractivity contribution in [2.24, 2.45) is 5.92 Å². The van der Waals surface area contributed by atoms with E-state index in [1.165, 1.54) is 0 Å². The van der Waals surface area contributed by atoms with Crippen molar-refractivity contribution in [2.75, 3.05) is 6.61 Å². The summed E-state index contributed by atoms with van der Waals surface area (Å²) in [5.41, 5.74) is 0. The van der Waals surface area contributed by atoms with Gasteiger partial charge in [0.15, 0.2) is 6.10 Å². The number of nitrogens with one attached hydrogen (secondary N) is 1. The van der Waals surface area contributed by atoms with Gasteiger partial charge in [0.1, 0.15) is 5.75 Å². The molecule has 0 saturated heterocycles. The first kappa shape index (κ1) is 14.5. The summed E-state index contributed by atoms with van der Waals surface area (Å²) in [6.45, 7) is 5.52. The fourth-order valence-electron chi connectivity index (χ4n) is 1.48. The normalized spacial score (nSPS) is 14.1. The van der Waals surface area contributed by atoms with Gasteiger partial charge in [-0.05, 0) is 25.0 Å². The van der Waals surface area contributed by atoms with Crippen LogP contribution in [0.1, 0.15) is 20.8 Å². The Morgan fingerprint density at radius 3 is 2.39 bits per heavy atom. The number of benzene rings is 1. The number of para-hydroxylation sites is 1. The van der Waals surface area contributed by atoms with Crippen LogP contribution in [0.5, 0.6) is 5.75 Å². The Morgan fingerprint density at radius 2 is 1.89 bits per heavy atom. The Hall–Kier alpha value is -1.55. The van der Waals surface area contributed by atoms with E-state index in [2.05, 4.69) is 5.32 Å². The molecule has 0 saturated carbocycles. The topological polar surface area (TPSA) is 58.6 Å². The molecule has 1 unspecified atom stereocenters. The van der Waals surface area contributed by atoms with E-state index in [0.717, 1.165) is 0 Å². The molecule has 100 valence electrons. The Bertz CT molecular complexity index is 365. The summed E-state index contributed by atoms with van der Waals surface area (Å²) in [5.74, 6) is 0.625. The zero-order chi connectivity index (χ0) is 13.5. The highest BCUT2D eigenvalue weighted by atomic mass is 16.5. The number of carbonyl (C=O) groups excluding carboxylic acids is 1. The van der Waals surface area contributed by atoms with Crippen molar-refractivity contribution in [1.29, 1.82) is 0 Å². The van der Waals surface area contributed by atoms with Crippen LogP contribution in [-0.4, -0.2) is 29.8 Å². The van der Waals surface area contributed by atoms with Gasteiger partial charge in [-0.15, -0.1) is 0 Å². The summed E-state index contributed by atoms with van der Waals surface area (Å²) in [6.07, 6.45) is -0.583. The number of carbonyl (C=O) groups is 1. The number of hydrogen-bond donors (Lipinski definition) is 2. The number of hydrogen-bond acceptors (Lipinski definition) is 3. The number of rotatable bonds is 6. The molecule has 0 heterocycles. The van der Waals surface area contributed by atoms with Gasteiger partial charge in [0.05, 0.1) is 12.6 Å². The first-order valence-electron chi connectivity index (χ1n) is 6.17. The Labute approximate surface area is 108 Å². The molecule has 0 radical (unpaired) electrons. The van der Waals surface area contributed by atoms with Crippen LogP contribution in [0.15, 0.2) is 30.3 Å². The van der Waals surface area contributed by atoms with Gasteiger partial charge < -0.3 is 15.2 Å². The van der Waals surface area contributed by atoms with Crippen LogP contribution in [0.2, 0.25) is 0 Å². The zero-order valence-electron chi connectivity index (χ0n) is 11.1. The standard InChI is InChI=1S/C14H21NO3/c1-10(2)13(9-16)15-14(17)11(3)18-12-7-5-4-6-8-12/h4-8,10-11,13,16H,9H2,1-3H3,(H,15,17)/t11?,13-/m1/s1. The number of aliphatic hydroxyl groups excluding tert-OH is 1. The minimum atomic E-state index is -0.583. The van der Waals surface area contributed by atoms with Crippen LogP contribution in [0.3, 0.4) is 0 Å². The summed E-state index contributed by atoms with van der Waals surface area (Å²) in [5, 5.41) is 11.9. The maximum absolute atomic E-state index is 11.9. The predicted molar refractivity (Wildman–Crippen MR) is 70.4 cm³/mol. The minimum Gasteiger partial charge on any atom is -0.481 e. The van der Waals surface area contributed by atoms with Crippen LogP contribution in [0.4, 0.5) is 0 Å². The van der Waals surface area contributed by atoms with Crippen LogP contribution in [0, 0.1) is 5.92 Å². The molecule has 2 atom stereocenters. The Kier molecular flexibility index (Phi) is 5.65. The molecule has 1 aromatic carbocycles. The first-order valence-corrected chi connectivity index (χ1v) is 6.17. The monoisotopic (exact) mass is 251 g/mol. The second-order valence-corrected chi connectivity index (χ2v) is 4.61.